The normalized spacial score (nSPS) is 11.4. The highest BCUT2D eigenvalue weighted by molar-refractivity contribution is 9.10. The van der Waals surface area contributed by atoms with Crippen LogP contribution in [0.3, 0.4) is 0 Å². The van der Waals surface area contributed by atoms with E-state index in [1.807, 2.05) is 0 Å². The summed E-state index contributed by atoms with van der Waals surface area (Å²) >= 11 is 7.19. The standard InChI is InChI=1S/C16H25Br2N/c1-5-15(6-2)19(11-12(3)4)16-8-7-14(18)9-13(16)10-17/h7-9,12,15H,5-6,10-11H2,1-4H3. The molecule has 0 aliphatic heterocycles. The fourth-order valence-corrected chi connectivity index (χ4v) is 3.37. The predicted octanol–water partition coefficient (Wildman–Crippen LogP) is 6.00. The molecule has 0 aromatic heterocycles. The summed E-state index contributed by atoms with van der Waals surface area (Å²) in [6.45, 7) is 10.3. The van der Waals surface area contributed by atoms with Crippen LogP contribution in [0.1, 0.15) is 46.1 Å². The number of anilines is 1. The summed E-state index contributed by atoms with van der Waals surface area (Å²) in [6.07, 6.45) is 2.39. The molecule has 0 radical (unpaired) electrons. The SMILES string of the molecule is CCC(CC)N(CC(C)C)c1ccc(Br)cc1CBr. The molecule has 1 aromatic rings. The second kappa shape index (κ2) is 8.31. The van der Waals surface area contributed by atoms with E-state index in [2.05, 4.69) is 82.7 Å². The van der Waals surface area contributed by atoms with Crippen molar-refractivity contribution in [3.05, 3.63) is 28.2 Å². The Hall–Kier alpha value is -0.0200. The van der Waals surface area contributed by atoms with Gasteiger partial charge in [-0.15, -0.1) is 0 Å². The second-order valence-corrected chi connectivity index (χ2v) is 6.90. The van der Waals surface area contributed by atoms with Crippen LogP contribution < -0.4 is 4.90 Å². The molecule has 0 fully saturated rings. The number of halogens is 2. The van der Waals surface area contributed by atoms with E-state index in [9.17, 15) is 0 Å². The minimum absolute atomic E-state index is 0.626. The van der Waals surface area contributed by atoms with Crippen LogP contribution in [0.25, 0.3) is 0 Å². The first-order chi connectivity index (χ1) is 9.03. The van der Waals surface area contributed by atoms with Crippen LogP contribution in [0.5, 0.6) is 0 Å². The summed E-state index contributed by atoms with van der Waals surface area (Å²) in [5.74, 6) is 0.674. The van der Waals surface area contributed by atoms with Crippen LogP contribution in [0, 0.1) is 5.92 Å². The van der Waals surface area contributed by atoms with Crippen molar-refractivity contribution in [1.29, 1.82) is 0 Å². The number of nitrogens with zero attached hydrogens (tertiary/aromatic N) is 1. The van der Waals surface area contributed by atoms with Crippen molar-refractivity contribution < 1.29 is 0 Å². The Morgan fingerprint density at radius 2 is 1.79 bits per heavy atom. The first-order valence-electron chi connectivity index (χ1n) is 7.14. The molecule has 0 saturated heterocycles. The maximum Gasteiger partial charge on any atom is 0.0410 e. The maximum absolute atomic E-state index is 3.62. The Labute approximate surface area is 135 Å². The van der Waals surface area contributed by atoms with Crippen molar-refractivity contribution in [2.75, 3.05) is 11.4 Å². The van der Waals surface area contributed by atoms with Crippen molar-refractivity contribution in [1.82, 2.24) is 0 Å². The van der Waals surface area contributed by atoms with Crippen LogP contribution in [0.2, 0.25) is 0 Å². The van der Waals surface area contributed by atoms with Gasteiger partial charge in [0.1, 0.15) is 0 Å². The van der Waals surface area contributed by atoms with Gasteiger partial charge in [0.05, 0.1) is 0 Å². The molecule has 0 aliphatic rings. The molecular formula is C16H25Br2N. The Balaban J connectivity index is 3.15. The van der Waals surface area contributed by atoms with Gasteiger partial charge in [-0.3, -0.25) is 0 Å². The molecule has 108 valence electrons. The molecule has 1 rings (SSSR count). The highest BCUT2D eigenvalue weighted by atomic mass is 79.9. The zero-order chi connectivity index (χ0) is 14.4. The third-order valence-electron chi connectivity index (χ3n) is 3.44. The van der Waals surface area contributed by atoms with Gasteiger partial charge >= 0.3 is 0 Å². The molecule has 0 N–H and O–H groups in total. The zero-order valence-electron chi connectivity index (χ0n) is 12.4. The van der Waals surface area contributed by atoms with E-state index in [0.29, 0.717) is 12.0 Å². The van der Waals surface area contributed by atoms with Crippen molar-refractivity contribution in [2.24, 2.45) is 5.92 Å². The van der Waals surface area contributed by atoms with Gasteiger partial charge in [-0.1, -0.05) is 59.6 Å². The van der Waals surface area contributed by atoms with Crippen LogP contribution >= 0.6 is 31.9 Å². The van der Waals surface area contributed by atoms with Crippen molar-refractivity contribution in [2.45, 2.75) is 51.9 Å². The minimum atomic E-state index is 0.626. The molecule has 3 heteroatoms. The number of hydrogen-bond acceptors (Lipinski definition) is 1. The van der Waals surface area contributed by atoms with E-state index in [-0.39, 0.29) is 0 Å². The summed E-state index contributed by atoms with van der Waals surface area (Å²) in [6, 6.07) is 7.25. The average Bonchev–Trinajstić information content (AvgIpc) is 2.38. The van der Waals surface area contributed by atoms with Crippen molar-refractivity contribution in [3.8, 4) is 0 Å². The van der Waals surface area contributed by atoms with E-state index in [1.165, 1.54) is 24.1 Å². The van der Waals surface area contributed by atoms with Gasteiger partial charge in [-0.2, -0.15) is 0 Å². The monoisotopic (exact) mass is 389 g/mol. The molecule has 0 amide bonds. The Morgan fingerprint density at radius 1 is 1.16 bits per heavy atom. The smallest absolute Gasteiger partial charge is 0.0410 e. The van der Waals surface area contributed by atoms with Crippen LogP contribution in [0.4, 0.5) is 5.69 Å². The molecule has 0 atom stereocenters. The maximum atomic E-state index is 3.62. The number of alkyl halides is 1. The van der Waals surface area contributed by atoms with Crippen molar-refractivity contribution in [3.63, 3.8) is 0 Å². The summed E-state index contributed by atoms with van der Waals surface area (Å²) in [5.41, 5.74) is 2.74. The van der Waals surface area contributed by atoms with Crippen LogP contribution in [0.15, 0.2) is 22.7 Å². The van der Waals surface area contributed by atoms with E-state index >= 15 is 0 Å². The molecule has 0 saturated carbocycles. The Kier molecular flexibility index (Phi) is 7.45. The molecular weight excluding hydrogens is 366 g/mol. The molecule has 19 heavy (non-hydrogen) atoms. The van der Waals surface area contributed by atoms with Gasteiger partial charge < -0.3 is 4.90 Å². The average molecular weight is 391 g/mol. The fraction of sp³-hybridized carbons (Fsp3) is 0.625. The lowest BCUT2D eigenvalue weighted by Crippen LogP contribution is -2.38. The highest BCUT2D eigenvalue weighted by Crippen LogP contribution is 2.30. The lowest BCUT2D eigenvalue weighted by Gasteiger charge is -2.35. The van der Waals surface area contributed by atoms with Crippen LogP contribution in [-0.4, -0.2) is 12.6 Å². The molecule has 1 nitrogen and oxygen atoms in total. The van der Waals surface area contributed by atoms with Crippen LogP contribution in [-0.2, 0) is 5.33 Å². The second-order valence-electron chi connectivity index (χ2n) is 5.42. The number of benzene rings is 1. The van der Waals surface area contributed by atoms with Crippen molar-refractivity contribution >= 4 is 37.5 Å². The summed E-state index contributed by atoms with van der Waals surface area (Å²) < 4.78 is 1.15. The molecule has 0 spiro atoms. The van der Waals surface area contributed by atoms with Gasteiger partial charge in [0.2, 0.25) is 0 Å². The van der Waals surface area contributed by atoms with E-state index in [4.69, 9.17) is 0 Å². The largest absolute Gasteiger partial charge is 0.368 e. The Bertz CT molecular complexity index is 386. The molecule has 0 aliphatic carbocycles. The van der Waals surface area contributed by atoms with E-state index < -0.39 is 0 Å². The van der Waals surface area contributed by atoms with Gasteiger partial charge in [0.15, 0.2) is 0 Å². The molecule has 0 bridgehead atoms. The first kappa shape index (κ1) is 17.0. The lowest BCUT2D eigenvalue weighted by atomic mass is 10.0. The quantitative estimate of drug-likeness (QED) is 0.516. The molecule has 1 aromatic carbocycles. The Morgan fingerprint density at radius 3 is 2.26 bits per heavy atom. The highest BCUT2D eigenvalue weighted by Gasteiger charge is 2.19. The number of hydrogen-bond donors (Lipinski definition) is 0. The van der Waals surface area contributed by atoms with Gasteiger partial charge in [-0.25, -0.2) is 0 Å². The molecule has 0 heterocycles. The fourth-order valence-electron chi connectivity index (χ4n) is 2.51. The van der Waals surface area contributed by atoms with Gasteiger partial charge in [-0.05, 0) is 42.5 Å². The third kappa shape index (κ3) is 4.78. The third-order valence-corrected chi connectivity index (χ3v) is 4.54. The summed E-state index contributed by atoms with van der Waals surface area (Å²) in [5, 5.41) is 0.899. The molecule has 0 unspecified atom stereocenters. The van der Waals surface area contributed by atoms with E-state index in [0.717, 1.165) is 16.3 Å². The first-order valence-corrected chi connectivity index (χ1v) is 9.05. The zero-order valence-corrected chi connectivity index (χ0v) is 15.6. The summed E-state index contributed by atoms with van der Waals surface area (Å²) in [7, 11) is 0. The van der Waals surface area contributed by atoms with E-state index in [1.54, 1.807) is 0 Å². The topological polar surface area (TPSA) is 3.24 Å². The predicted molar refractivity (Wildman–Crippen MR) is 93.3 cm³/mol. The minimum Gasteiger partial charge on any atom is -0.368 e. The lowest BCUT2D eigenvalue weighted by molar-refractivity contribution is 0.507. The number of rotatable bonds is 7. The van der Waals surface area contributed by atoms with Gasteiger partial charge in [0, 0.05) is 28.1 Å². The summed E-state index contributed by atoms with van der Waals surface area (Å²) in [4.78, 5) is 2.59. The van der Waals surface area contributed by atoms with Gasteiger partial charge in [0.25, 0.3) is 0 Å².